The molecule has 150 valence electrons. The zero-order valence-corrected chi connectivity index (χ0v) is 16.5. The van der Waals surface area contributed by atoms with Gasteiger partial charge in [-0.1, -0.05) is 30.7 Å². The Morgan fingerprint density at radius 3 is 2.76 bits per heavy atom. The highest BCUT2D eigenvalue weighted by Crippen LogP contribution is 2.36. The van der Waals surface area contributed by atoms with Crippen LogP contribution in [0.5, 0.6) is 0 Å². The maximum Gasteiger partial charge on any atom is 0.257 e. The van der Waals surface area contributed by atoms with E-state index >= 15 is 0 Å². The third kappa shape index (κ3) is 4.38. The summed E-state index contributed by atoms with van der Waals surface area (Å²) in [5.41, 5.74) is 1.59. The van der Waals surface area contributed by atoms with Gasteiger partial charge in [-0.05, 0) is 56.6 Å². The number of piperidine rings is 1. The van der Waals surface area contributed by atoms with Crippen molar-refractivity contribution in [2.45, 2.75) is 32.1 Å². The third-order valence-corrected chi connectivity index (χ3v) is 5.39. The molecule has 1 fully saturated rings. The molecule has 0 aliphatic carbocycles. The maximum atomic E-state index is 13.2. The summed E-state index contributed by atoms with van der Waals surface area (Å²) >= 11 is 0. The Bertz CT molecular complexity index is 919. The number of benzene rings is 1. The average molecular weight is 390 g/mol. The maximum absolute atomic E-state index is 13.2. The van der Waals surface area contributed by atoms with Crippen LogP contribution >= 0.6 is 0 Å². The van der Waals surface area contributed by atoms with E-state index in [9.17, 15) is 9.59 Å². The van der Waals surface area contributed by atoms with E-state index in [1.165, 1.54) is 19.3 Å². The Balaban J connectivity index is 1.48. The standard InChI is InChI=1S/C23H26N4O2/c28-21(13-3-1-6-15-26-16-7-2-8-17-26)27-20-12-5-4-10-18(20)23(29)25-19-11-9-14-24-22(19)27/h1,4-6,9-12,14H,2-3,7-8,13,15-17H2,(H,25,29)/b6-1+. The highest BCUT2D eigenvalue weighted by Gasteiger charge is 2.29. The molecule has 1 saturated heterocycles. The van der Waals surface area contributed by atoms with Gasteiger partial charge in [0.2, 0.25) is 5.91 Å². The van der Waals surface area contributed by atoms with E-state index < -0.39 is 0 Å². The van der Waals surface area contributed by atoms with Crippen molar-refractivity contribution in [3.8, 4) is 0 Å². The number of hydrogen-bond donors (Lipinski definition) is 1. The summed E-state index contributed by atoms with van der Waals surface area (Å²) in [6.45, 7) is 3.28. The zero-order chi connectivity index (χ0) is 20.1. The van der Waals surface area contributed by atoms with E-state index in [4.69, 9.17) is 0 Å². The molecule has 1 N–H and O–H groups in total. The van der Waals surface area contributed by atoms with Crippen molar-refractivity contribution in [3.63, 3.8) is 0 Å². The number of para-hydroxylation sites is 1. The van der Waals surface area contributed by atoms with Crippen molar-refractivity contribution in [2.24, 2.45) is 0 Å². The molecule has 0 radical (unpaired) electrons. The van der Waals surface area contributed by atoms with Crippen LogP contribution in [0, 0.1) is 0 Å². The summed E-state index contributed by atoms with van der Waals surface area (Å²) in [6.07, 6.45) is 10.8. The fraction of sp³-hybridized carbons (Fsp3) is 0.348. The van der Waals surface area contributed by atoms with E-state index in [2.05, 4.69) is 27.4 Å². The first-order valence-corrected chi connectivity index (χ1v) is 10.3. The summed E-state index contributed by atoms with van der Waals surface area (Å²) in [5, 5.41) is 2.86. The van der Waals surface area contributed by atoms with Crippen LogP contribution in [0.4, 0.5) is 17.2 Å². The molecule has 4 rings (SSSR count). The number of pyridine rings is 1. The number of carbonyl (C=O) groups excluding carboxylic acids is 2. The number of hydrogen-bond acceptors (Lipinski definition) is 4. The number of anilines is 3. The van der Waals surface area contributed by atoms with Crippen molar-refractivity contribution < 1.29 is 9.59 Å². The molecular formula is C23H26N4O2. The third-order valence-electron chi connectivity index (χ3n) is 5.39. The Morgan fingerprint density at radius 2 is 1.90 bits per heavy atom. The second kappa shape index (κ2) is 9.01. The monoisotopic (exact) mass is 390 g/mol. The van der Waals surface area contributed by atoms with Crippen molar-refractivity contribution in [3.05, 3.63) is 60.3 Å². The van der Waals surface area contributed by atoms with E-state index in [-0.39, 0.29) is 11.8 Å². The van der Waals surface area contributed by atoms with Gasteiger partial charge in [0.25, 0.3) is 5.91 Å². The smallest absolute Gasteiger partial charge is 0.257 e. The fourth-order valence-electron chi connectivity index (χ4n) is 3.89. The summed E-state index contributed by atoms with van der Waals surface area (Å²) in [5.74, 6) is 0.163. The van der Waals surface area contributed by atoms with Crippen molar-refractivity contribution in [1.29, 1.82) is 0 Å². The Hall–Kier alpha value is -2.99. The molecule has 6 heteroatoms. The van der Waals surface area contributed by atoms with Gasteiger partial charge in [-0.2, -0.15) is 0 Å². The normalized spacial score (nSPS) is 16.8. The van der Waals surface area contributed by atoms with E-state index in [1.54, 1.807) is 41.4 Å². The summed E-state index contributed by atoms with van der Waals surface area (Å²) in [4.78, 5) is 34.1. The van der Waals surface area contributed by atoms with Gasteiger partial charge in [0.1, 0.15) is 0 Å². The lowest BCUT2D eigenvalue weighted by Gasteiger charge is -2.24. The van der Waals surface area contributed by atoms with Gasteiger partial charge in [-0.25, -0.2) is 4.98 Å². The molecule has 0 spiro atoms. The highest BCUT2D eigenvalue weighted by atomic mass is 16.2. The molecule has 0 atom stereocenters. The van der Waals surface area contributed by atoms with Crippen LogP contribution in [0.2, 0.25) is 0 Å². The number of nitrogens with one attached hydrogen (secondary N) is 1. The number of aromatic nitrogens is 1. The molecule has 1 aromatic carbocycles. The van der Waals surface area contributed by atoms with Gasteiger partial charge < -0.3 is 5.32 Å². The highest BCUT2D eigenvalue weighted by molar-refractivity contribution is 6.17. The predicted octanol–water partition coefficient (Wildman–Crippen LogP) is 4.13. The second-order valence-electron chi connectivity index (χ2n) is 7.45. The minimum Gasteiger partial charge on any atom is -0.319 e. The van der Waals surface area contributed by atoms with Crippen LogP contribution in [-0.2, 0) is 4.79 Å². The molecule has 29 heavy (non-hydrogen) atoms. The Labute approximate surface area is 171 Å². The molecule has 6 nitrogen and oxygen atoms in total. The molecule has 2 aliphatic heterocycles. The largest absolute Gasteiger partial charge is 0.319 e. The van der Waals surface area contributed by atoms with E-state index in [1.807, 2.05) is 6.07 Å². The zero-order valence-electron chi connectivity index (χ0n) is 16.5. The summed E-state index contributed by atoms with van der Waals surface area (Å²) < 4.78 is 0. The summed E-state index contributed by atoms with van der Waals surface area (Å²) in [6, 6.07) is 10.7. The number of rotatable bonds is 5. The fourth-order valence-corrected chi connectivity index (χ4v) is 3.89. The van der Waals surface area contributed by atoms with Gasteiger partial charge in [-0.15, -0.1) is 0 Å². The molecule has 0 bridgehead atoms. The Kier molecular flexibility index (Phi) is 6.00. The number of nitrogens with zero attached hydrogens (tertiary/aromatic N) is 3. The molecular weight excluding hydrogens is 364 g/mol. The van der Waals surface area contributed by atoms with Gasteiger partial charge in [0.05, 0.1) is 16.9 Å². The minimum atomic E-state index is -0.230. The lowest BCUT2D eigenvalue weighted by atomic mass is 10.1. The first-order chi connectivity index (χ1) is 14.2. The molecule has 3 heterocycles. The average Bonchev–Trinajstić information content (AvgIpc) is 2.88. The molecule has 0 saturated carbocycles. The van der Waals surface area contributed by atoms with Crippen LogP contribution in [-0.4, -0.2) is 41.3 Å². The van der Waals surface area contributed by atoms with Crippen LogP contribution in [0.15, 0.2) is 54.7 Å². The second-order valence-corrected chi connectivity index (χ2v) is 7.45. The number of amides is 2. The minimum absolute atomic E-state index is 0.0727. The molecule has 2 amide bonds. The van der Waals surface area contributed by atoms with Crippen LogP contribution in [0.1, 0.15) is 42.5 Å². The molecule has 2 aliphatic rings. The van der Waals surface area contributed by atoms with Crippen LogP contribution in [0.3, 0.4) is 0 Å². The van der Waals surface area contributed by atoms with Gasteiger partial charge in [-0.3, -0.25) is 19.4 Å². The Morgan fingerprint density at radius 1 is 1.07 bits per heavy atom. The first kappa shape index (κ1) is 19.3. The number of carbonyl (C=O) groups is 2. The molecule has 2 aromatic rings. The topological polar surface area (TPSA) is 65.5 Å². The molecule has 0 unspecified atom stereocenters. The van der Waals surface area contributed by atoms with Gasteiger partial charge >= 0.3 is 0 Å². The van der Waals surface area contributed by atoms with Crippen molar-refractivity contribution in [2.75, 3.05) is 29.9 Å². The number of likely N-dealkylation sites (tertiary alicyclic amines) is 1. The SMILES string of the molecule is O=C1Nc2cccnc2N(C(=O)CC/C=C/CN2CCCCC2)c2ccccc21. The predicted molar refractivity (Wildman–Crippen MR) is 114 cm³/mol. The van der Waals surface area contributed by atoms with E-state index in [0.717, 1.165) is 19.6 Å². The van der Waals surface area contributed by atoms with Crippen molar-refractivity contribution >= 4 is 29.0 Å². The van der Waals surface area contributed by atoms with Gasteiger partial charge in [0, 0.05) is 19.2 Å². The summed E-state index contributed by atoms with van der Waals surface area (Å²) in [7, 11) is 0. The van der Waals surface area contributed by atoms with E-state index in [0.29, 0.717) is 35.6 Å². The number of allylic oxidation sites excluding steroid dienone is 1. The lowest BCUT2D eigenvalue weighted by molar-refractivity contribution is -0.117. The lowest BCUT2D eigenvalue weighted by Crippen LogP contribution is -2.29. The van der Waals surface area contributed by atoms with Crippen LogP contribution in [0.25, 0.3) is 0 Å². The first-order valence-electron chi connectivity index (χ1n) is 10.3. The van der Waals surface area contributed by atoms with Crippen LogP contribution < -0.4 is 10.2 Å². The van der Waals surface area contributed by atoms with Gasteiger partial charge in [0.15, 0.2) is 5.82 Å². The quantitative estimate of drug-likeness (QED) is 0.780. The number of fused-ring (bicyclic) bond motifs is 2. The molecule has 1 aromatic heterocycles. The van der Waals surface area contributed by atoms with Crippen molar-refractivity contribution in [1.82, 2.24) is 9.88 Å².